The Hall–Kier alpha value is -2.18. The smallest absolute Gasteiger partial charge is 0.410 e. The molecule has 1 spiro atoms. The number of likely N-dealkylation sites (tertiary alicyclic amines) is 1. The van der Waals surface area contributed by atoms with Crippen LogP contribution in [0.15, 0.2) is 30.3 Å². The standard InChI is InChI=1S/C16H17F2NO4/c1-22-13(20)12-7-15(9-16(15,17)18)10-19(12)14(21)23-8-11-5-3-2-4-6-11/h2-6,12H,7-10H2,1H3/t12-,15+/m0/s1. The number of alkyl halides is 2. The fourth-order valence-corrected chi connectivity index (χ4v) is 3.10. The first kappa shape index (κ1) is 15.7. The molecule has 0 aromatic heterocycles. The maximum absolute atomic E-state index is 13.6. The molecule has 0 N–H and O–H groups in total. The molecule has 5 nitrogen and oxygen atoms in total. The molecule has 1 aromatic carbocycles. The van der Waals surface area contributed by atoms with Crippen molar-refractivity contribution in [3.8, 4) is 0 Å². The van der Waals surface area contributed by atoms with Crippen molar-refractivity contribution in [1.29, 1.82) is 0 Å². The molecule has 0 unspecified atom stereocenters. The molecule has 1 amide bonds. The lowest BCUT2D eigenvalue weighted by Gasteiger charge is -2.21. The molecule has 1 heterocycles. The topological polar surface area (TPSA) is 55.8 Å². The van der Waals surface area contributed by atoms with Crippen LogP contribution in [0.1, 0.15) is 18.4 Å². The van der Waals surface area contributed by atoms with E-state index in [0.29, 0.717) is 0 Å². The van der Waals surface area contributed by atoms with E-state index in [1.165, 1.54) is 7.11 Å². The number of hydrogen-bond donors (Lipinski definition) is 0. The minimum atomic E-state index is -2.84. The van der Waals surface area contributed by atoms with Crippen LogP contribution in [0, 0.1) is 5.41 Å². The molecule has 7 heteroatoms. The maximum atomic E-state index is 13.6. The average Bonchev–Trinajstić information content (AvgIpc) is 2.89. The highest BCUT2D eigenvalue weighted by molar-refractivity contribution is 5.82. The Morgan fingerprint density at radius 3 is 2.52 bits per heavy atom. The molecule has 0 bridgehead atoms. The highest BCUT2D eigenvalue weighted by atomic mass is 19.3. The third-order valence-electron chi connectivity index (χ3n) is 4.56. The van der Waals surface area contributed by atoms with E-state index < -0.39 is 29.4 Å². The average molecular weight is 325 g/mol. The molecule has 23 heavy (non-hydrogen) atoms. The summed E-state index contributed by atoms with van der Waals surface area (Å²) in [6, 6.07) is 7.98. The van der Waals surface area contributed by atoms with Crippen LogP contribution in [-0.2, 0) is 20.9 Å². The third kappa shape index (κ3) is 2.75. The quantitative estimate of drug-likeness (QED) is 0.802. The predicted octanol–water partition coefficient (Wildman–Crippen LogP) is 2.60. The lowest BCUT2D eigenvalue weighted by molar-refractivity contribution is -0.145. The lowest BCUT2D eigenvalue weighted by atomic mass is 10.0. The second kappa shape index (κ2) is 5.47. The minimum absolute atomic E-state index is 0.0213. The third-order valence-corrected chi connectivity index (χ3v) is 4.56. The summed E-state index contributed by atoms with van der Waals surface area (Å²) in [5.74, 6) is -3.53. The first-order valence-corrected chi connectivity index (χ1v) is 7.31. The van der Waals surface area contributed by atoms with Crippen LogP contribution in [0.2, 0.25) is 0 Å². The number of benzene rings is 1. The molecule has 1 aliphatic heterocycles. The van der Waals surface area contributed by atoms with Gasteiger partial charge >= 0.3 is 12.1 Å². The van der Waals surface area contributed by atoms with Gasteiger partial charge in [0.25, 0.3) is 5.92 Å². The minimum Gasteiger partial charge on any atom is -0.467 e. The van der Waals surface area contributed by atoms with Gasteiger partial charge < -0.3 is 9.47 Å². The lowest BCUT2D eigenvalue weighted by Crippen LogP contribution is -2.41. The van der Waals surface area contributed by atoms with E-state index in [2.05, 4.69) is 4.74 Å². The molecule has 2 fully saturated rings. The fourth-order valence-electron chi connectivity index (χ4n) is 3.10. The van der Waals surface area contributed by atoms with Crippen LogP contribution in [-0.4, -0.2) is 42.6 Å². The van der Waals surface area contributed by atoms with Gasteiger partial charge in [0.15, 0.2) is 0 Å². The van der Waals surface area contributed by atoms with Crippen molar-refractivity contribution in [2.45, 2.75) is 31.4 Å². The Morgan fingerprint density at radius 2 is 1.96 bits per heavy atom. The van der Waals surface area contributed by atoms with Crippen molar-refractivity contribution in [3.05, 3.63) is 35.9 Å². The summed E-state index contributed by atoms with van der Waals surface area (Å²) >= 11 is 0. The summed E-state index contributed by atoms with van der Waals surface area (Å²) < 4.78 is 37.0. The van der Waals surface area contributed by atoms with Crippen molar-refractivity contribution in [2.75, 3.05) is 13.7 Å². The Labute approximate surface area is 132 Å². The van der Waals surface area contributed by atoms with E-state index >= 15 is 0 Å². The number of carbonyl (C=O) groups is 2. The van der Waals surface area contributed by atoms with Crippen LogP contribution in [0.4, 0.5) is 13.6 Å². The van der Waals surface area contributed by atoms with E-state index in [4.69, 9.17) is 4.74 Å². The van der Waals surface area contributed by atoms with Crippen molar-refractivity contribution in [3.63, 3.8) is 0 Å². The van der Waals surface area contributed by atoms with E-state index in [1.54, 1.807) is 24.3 Å². The van der Waals surface area contributed by atoms with Gasteiger partial charge in [0, 0.05) is 13.0 Å². The molecule has 1 aliphatic carbocycles. The zero-order valence-corrected chi connectivity index (χ0v) is 12.6. The molecule has 1 aromatic rings. The van der Waals surface area contributed by atoms with Gasteiger partial charge in [-0.2, -0.15) is 0 Å². The normalized spacial score (nSPS) is 27.8. The molecular formula is C16H17F2NO4. The monoisotopic (exact) mass is 325 g/mol. The fraction of sp³-hybridized carbons (Fsp3) is 0.500. The maximum Gasteiger partial charge on any atom is 0.410 e. The second-order valence-corrected chi connectivity index (χ2v) is 6.07. The number of ether oxygens (including phenoxy) is 2. The molecule has 2 atom stereocenters. The molecule has 1 saturated carbocycles. The number of esters is 1. The molecule has 2 aliphatic rings. The SMILES string of the molecule is COC(=O)[C@@H]1C[C@]2(CN1C(=O)OCc1ccccc1)CC2(F)F. The first-order valence-electron chi connectivity index (χ1n) is 7.31. The van der Waals surface area contributed by atoms with Gasteiger partial charge in [-0.3, -0.25) is 4.90 Å². The summed E-state index contributed by atoms with van der Waals surface area (Å²) in [5.41, 5.74) is -0.529. The van der Waals surface area contributed by atoms with E-state index in [0.717, 1.165) is 10.5 Å². The van der Waals surface area contributed by atoms with Crippen LogP contribution in [0.25, 0.3) is 0 Å². The van der Waals surface area contributed by atoms with Crippen molar-refractivity contribution in [1.82, 2.24) is 4.90 Å². The number of methoxy groups -OCH3 is 1. The Kier molecular flexibility index (Phi) is 3.74. The number of amides is 1. The van der Waals surface area contributed by atoms with Gasteiger partial charge in [-0.15, -0.1) is 0 Å². The molecule has 0 radical (unpaired) electrons. The zero-order chi connectivity index (χ0) is 16.7. The van der Waals surface area contributed by atoms with Gasteiger partial charge in [-0.1, -0.05) is 30.3 Å². The second-order valence-electron chi connectivity index (χ2n) is 6.07. The van der Waals surface area contributed by atoms with Gasteiger partial charge in [0.05, 0.1) is 12.5 Å². The largest absolute Gasteiger partial charge is 0.467 e. The first-order chi connectivity index (χ1) is 10.9. The van der Waals surface area contributed by atoms with Crippen LogP contribution < -0.4 is 0 Å². The van der Waals surface area contributed by atoms with E-state index in [-0.39, 0.29) is 26.0 Å². The van der Waals surface area contributed by atoms with Crippen LogP contribution in [0.5, 0.6) is 0 Å². The molecular weight excluding hydrogens is 308 g/mol. The van der Waals surface area contributed by atoms with Gasteiger partial charge in [-0.25, -0.2) is 18.4 Å². The predicted molar refractivity (Wildman–Crippen MR) is 75.8 cm³/mol. The van der Waals surface area contributed by atoms with Gasteiger partial charge in [0.1, 0.15) is 12.6 Å². The summed E-state index contributed by atoms with van der Waals surface area (Å²) in [7, 11) is 1.17. The molecule has 3 rings (SSSR count). The Morgan fingerprint density at radius 1 is 1.30 bits per heavy atom. The van der Waals surface area contributed by atoms with Crippen molar-refractivity contribution >= 4 is 12.1 Å². The van der Waals surface area contributed by atoms with Crippen molar-refractivity contribution < 1.29 is 27.8 Å². The summed E-state index contributed by atoms with van der Waals surface area (Å²) in [6.45, 7) is -0.166. The number of nitrogens with zero attached hydrogens (tertiary/aromatic N) is 1. The summed E-state index contributed by atoms with van der Waals surface area (Å²) in [4.78, 5) is 25.1. The highest BCUT2D eigenvalue weighted by Gasteiger charge is 2.75. The number of halogens is 2. The molecule has 1 saturated heterocycles. The van der Waals surface area contributed by atoms with E-state index in [9.17, 15) is 18.4 Å². The van der Waals surface area contributed by atoms with Gasteiger partial charge in [0.2, 0.25) is 0 Å². The number of hydrogen-bond acceptors (Lipinski definition) is 4. The van der Waals surface area contributed by atoms with Crippen LogP contribution in [0.3, 0.4) is 0 Å². The van der Waals surface area contributed by atoms with E-state index in [1.807, 2.05) is 6.07 Å². The zero-order valence-electron chi connectivity index (χ0n) is 12.6. The highest BCUT2D eigenvalue weighted by Crippen LogP contribution is 2.66. The molecule has 124 valence electrons. The van der Waals surface area contributed by atoms with Crippen LogP contribution >= 0.6 is 0 Å². The Bertz CT molecular complexity index is 622. The number of carbonyl (C=O) groups excluding carboxylic acids is 2. The van der Waals surface area contributed by atoms with Crippen molar-refractivity contribution in [2.24, 2.45) is 5.41 Å². The number of rotatable bonds is 3. The Balaban J connectivity index is 1.69. The van der Waals surface area contributed by atoms with Gasteiger partial charge in [-0.05, 0) is 12.0 Å². The summed E-state index contributed by atoms with van der Waals surface area (Å²) in [5, 5.41) is 0. The summed E-state index contributed by atoms with van der Waals surface area (Å²) in [6.07, 6.45) is -1.17.